The van der Waals surface area contributed by atoms with E-state index in [0.29, 0.717) is 13.1 Å². The van der Waals surface area contributed by atoms with E-state index in [4.69, 9.17) is 15.2 Å². The molecule has 6 nitrogen and oxygen atoms in total. The Morgan fingerprint density at radius 2 is 1.91 bits per heavy atom. The summed E-state index contributed by atoms with van der Waals surface area (Å²) in [5.74, 6) is 1.70. The van der Waals surface area contributed by atoms with Gasteiger partial charge in [0.15, 0.2) is 0 Å². The van der Waals surface area contributed by atoms with Gasteiger partial charge in [-0.1, -0.05) is 0 Å². The first-order chi connectivity index (χ1) is 10.5. The number of piperazine rings is 1. The van der Waals surface area contributed by atoms with E-state index in [2.05, 4.69) is 4.90 Å². The lowest BCUT2D eigenvalue weighted by atomic mass is 10.1. The van der Waals surface area contributed by atoms with E-state index < -0.39 is 6.04 Å². The molecule has 6 heteroatoms. The first-order valence-electron chi connectivity index (χ1n) is 7.52. The Hall–Kier alpha value is -1.79. The molecule has 0 unspecified atom stereocenters. The lowest BCUT2D eigenvalue weighted by molar-refractivity contribution is -0.134. The predicted molar refractivity (Wildman–Crippen MR) is 85.1 cm³/mol. The standard InChI is InChI=1S/C16H25N3O3/c1-12(17)16(20)19-8-6-18(7-9-19)11-13-10-14(21-2)4-5-15(13)22-3/h4-5,10,12H,6-9,11,17H2,1-3H3/t12-/m0/s1. The summed E-state index contributed by atoms with van der Waals surface area (Å²) in [4.78, 5) is 16.0. The fourth-order valence-electron chi connectivity index (χ4n) is 2.66. The van der Waals surface area contributed by atoms with Crippen molar-refractivity contribution in [1.29, 1.82) is 0 Å². The van der Waals surface area contributed by atoms with Gasteiger partial charge in [-0.25, -0.2) is 0 Å². The Bertz CT molecular complexity index is 511. The van der Waals surface area contributed by atoms with Crippen LogP contribution in [0.4, 0.5) is 0 Å². The molecule has 1 aliphatic rings. The van der Waals surface area contributed by atoms with Crippen molar-refractivity contribution >= 4 is 5.91 Å². The molecule has 1 aromatic rings. The van der Waals surface area contributed by atoms with Gasteiger partial charge in [-0.2, -0.15) is 0 Å². The number of carbonyl (C=O) groups is 1. The summed E-state index contributed by atoms with van der Waals surface area (Å²) in [6.45, 7) is 5.60. The van der Waals surface area contributed by atoms with Gasteiger partial charge in [-0.05, 0) is 25.1 Å². The fraction of sp³-hybridized carbons (Fsp3) is 0.562. The van der Waals surface area contributed by atoms with Gasteiger partial charge >= 0.3 is 0 Å². The van der Waals surface area contributed by atoms with Crippen molar-refractivity contribution in [2.75, 3.05) is 40.4 Å². The van der Waals surface area contributed by atoms with Crippen LogP contribution in [0.3, 0.4) is 0 Å². The normalized spacial score (nSPS) is 17.2. The first kappa shape index (κ1) is 16.6. The summed E-state index contributed by atoms with van der Waals surface area (Å²) in [6, 6.07) is 5.38. The fourth-order valence-corrected chi connectivity index (χ4v) is 2.66. The molecule has 2 N–H and O–H groups in total. The van der Waals surface area contributed by atoms with E-state index in [0.717, 1.165) is 36.7 Å². The van der Waals surface area contributed by atoms with Crippen LogP contribution in [-0.4, -0.2) is 62.1 Å². The highest BCUT2D eigenvalue weighted by Crippen LogP contribution is 2.25. The van der Waals surface area contributed by atoms with Crippen molar-refractivity contribution in [1.82, 2.24) is 9.80 Å². The summed E-state index contributed by atoms with van der Waals surface area (Å²) in [5.41, 5.74) is 6.75. The van der Waals surface area contributed by atoms with Crippen LogP contribution in [0, 0.1) is 0 Å². The molecule has 0 bridgehead atoms. The minimum Gasteiger partial charge on any atom is -0.497 e. The van der Waals surface area contributed by atoms with E-state index in [-0.39, 0.29) is 5.91 Å². The molecule has 22 heavy (non-hydrogen) atoms. The van der Waals surface area contributed by atoms with E-state index in [1.807, 2.05) is 23.1 Å². The predicted octanol–water partition coefficient (Wildman–Crippen LogP) is 0.695. The molecule has 1 aromatic carbocycles. The number of ether oxygens (including phenoxy) is 2. The Kier molecular flexibility index (Phi) is 5.63. The third-order valence-corrected chi connectivity index (χ3v) is 3.96. The van der Waals surface area contributed by atoms with Crippen molar-refractivity contribution in [2.24, 2.45) is 5.73 Å². The largest absolute Gasteiger partial charge is 0.497 e. The maximum absolute atomic E-state index is 11.9. The summed E-state index contributed by atoms with van der Waals surface area (Å²) in [5, 5.41) is 0. The van der Waals surface area contributed by atoms with E-state index in [1.54, 1.807) is 21.1 Å². The van der Waals surface area contributed by atoms with E-state index in [1.165, 1.54) is 0 Å². The molecule has 1 atom stereocenters. The van der Waals surface area contributed by atoms with Crippen LogP contribution in [0.1, 0.15) is 12.5 Å². The molecule has 122 valence electrons. The number of nitrogens with zero attached hydrogens (tertiary/aromatic N) is 2. The Morgan fingerprint density at radius 1 is 1.23 bits per heavy atom. The number of rotatable bonds is 5. The molecule has 2 rings (SSSR count). The maximum Gasteiger partial charge on any atom is 0.239 e. The lowest BCUT2D eigenvalue weighted by Crippen LogP contribution is -2.52. The van der Waals surface area contributed by atoms with Crippen LogP contribution in [0.15, 0.2) is 18.2 Å². The van der Waals surface area contributed by atoms with Gasteiger partial charge in [0.2, 0.25) is 5.91 Å². The first-order valence-corrected chi connectivity index (χ1v) is 7.52. The van der Waals surface area contributed by atoms with Crippen molar-refractivity contribution in [3.05, 3.63) is 23.8 Å². The molecular weight excluding hydrogens is 282 g/mol. The monoisotopic (exact) mass is 307 g/mol. The number of amides is 1. The number of carbonyl (C=O) groups excluding carboxylic acids is 1. The molecule has 0 aliphatic carbocycles. The molecule has 1 fully saturated rings. The molecule has 1 amide bonds. The molecular formula is C16H25N3O3. The molecule has 1 saturated heterocycles. The second kappa shape index (κ2) is 7.47. The Morgan fingerprint density at radius 3 is 2.45 bits per heavy atom. The number of benzene rings is 1. The van der Waals surface area contributed by atoms with Crippen molar-refractivity contribution in [3.63, 3.8) is 0 Å². The summed E-state index contributed by atoms with van der Waals surface area (Å²) < 4.78 is 10.7. The number of hydrogen-bond donors (Lipinski definition) is 1. The van der Waals surface area contributed by atoms with Gasteiger partial charge in [-0.3, -0.25) is 9.69 Å². The topological polar surface area (TPSA) is 68.0 Å². The Balaban J connectivity index is 1.97. The number of methoxy groups -OCH3 is 2. The van der Waals surface area contributed by atoms with Gasteiger partial charge < -0.3 is 20.1 Å². The van der Waals surface area contributed by atoms with Crippen LogP contribution >= 0.6 is 0 Å². The number of nitrogens with two attached hydrogens (primary N) is 1. The third kappa shape index (κ3) is 3.90. The minimum atomic E-state index is -0.426. The Labute approximate surface area is 131 Å². The van der Waals surface area contributed by atoms with Crippen LogP contribution < -0.4 is 15.2 Å². The second-order valence-corrected chi connectivity index (χ2v) is 5.57. The molecule has 0 spiro atoms. The zero-order valence-corrected chi connectivity index (χ0v) is 13.5. The van der Waals surface area contributed by atoms with Gasteiger partial charge in [-0.15, -0.1) is 0 Å². The van der Waals surface area contributed by atoms with Crippen molar-refractivity contribution in [3.8, 4) is 11.5 Å². The quantitative estimate of drug-likeness (QED) is 0.867. The zero-order chi connectivity index (χ0) is 16.1. The van der Waals surface area contributed by atoms with Crippen LogP contribution in [0.5, 0.6) is 11.5 Å². The second-order valence-electron chi connectivity index (χ2n) is 5.57. The summed E-state index contributed by atoms with van der Waals surface area (Å²) in [7, 11) is 3.33. The SMILES string of the molecule is COc1ccc(OC)c(CN2CCN(C(=O)[C@H](C)N)CC2)c1. The minimum absolute atomic E-state index is 0.0265. The van der Waals surface area contributed by atoms with Gasteiger partial charge in [0.05, 0.1) is 20.3 Å². The highest BCUT2D eigenvalue weighted by Gasteiger charge is 2.23. The molecule has 0 radical (unpaired) electrons. The molecule has 1 aliphatic heterocycles. The lowest BCUT2D eigenvalue weighted by Gasteiger charge is -2.35. The summed E-state index contributed by atoms with van der Waals surface area (Å²) >= 11 is 0. The molecule has 1 heterocycles. The van der Waals surface area contributed by atoms with Gasteiger partial charge in [0.1, 0.15) is 11.5 Å². The van der Waals surface area contributed by atoms with Crippen LogP contribution in [-0.2, 0) is 11.3 Å². The van der Waals surface area contributed by atoms with Gasteiger partial charge in [0, 0.05) is 38.3 Å². The summed E-state index contributed by atoms with van der Waals surface area (Å²) in [6.07, 6.45) is 0. The van der Waals surface area contributed by atoms with E-state index >= 15 is 0 Å². The van der Waals surface area contributed by atoms with Crippen molar-refractivity contribution in [2.45, 2.75) is 19.5 Å². The highest BCUT2D eigenvalue weighted by atomic mass is 16.5. The smallest absolute Gasteiger partial charge is 0.239 e. The van der Waals surface area contributed by atoms with Crippen LogP contribution in [0.25, 0.3) is 0 Å². The van der Waals surface area contributed by atoms with Crippen molar-refractivity contribution < 1.29 is 14.3 Å². The van der Waals surface area contributed by atoms with Crippen LogP contribution in [0.2, 0.25) is 0 Å². The average Bonchev–Trinajstić information content (AvgIpc) is 2.54. The highest BCUT2D eigenvalue weighted by molar-refractivity contribution is 5.81. The molecule has 0 aromatic heterocycles. The molecule has 0 saturated carbocycles. The van der Waals surface area contributed by atoms with E-state index in [9.17, 15) is 4.79 Å². The maximum atomic E-state index is 11.9. The number of hydrogen-bond acceptors (Lipinski definition) is 5. The average molecular weight is 307 g/mol. The zero-order valence-electron chi connectivity index (χ0n) is 13.5. The third-order valence-electron chi connectivity index (χ3n) is 3.96. The van der Waals surface area contributed by atoms with Gasteiger partial charge in [0.25, 0.3) is 0 Å².